The zero-order valence-corrected chi connectivity index (χ0v) is 21.3. The summed E-state index contributed by atoms with van der Waals surface area (Å²) in [6, 6.07) is 20.0. The first-order valence-electron chi connectivity index (χ1n) is 11.8. The first-order valence-corrected chi connectivity index (χ1v) is 13.3. The third kappa shape index (κ3) is 5.84. The van der Waals surface area contributed by atoms with Crippen LogP contribution in [0.15, 0.2) is 71.6 Å². The van der Waals surface area contributed by atoms with Gasteiger partial charge in [-0.1, -0.05) is 48.5 Å². The fraction of sp³-hybridized carbons (Fsp3) is 0.308. The molecule has 3 aromatic carbocycles. The molecule has 190 valence electrons. The minimum Gasteiger partial charge on any atom is -0.384 e. The van der Waals surface area contributed by atoms with E-state index in [-0.39, 0.29) is 16.8 Å². The van der Waals surface area contributed by atoms with Crippen LogP contribution >= 0.6 is 0 Å². The van der Waals surface area contributed by atoms with E-state index in [1.807, 2.05) is 42.5 Å². The van der Waals surface area contributed by atoms with Crippen LogP contribution in [0.5, 0.6) is 0 Å². The second-order valence-corrected chi connectivity index (χ2v) is 10.9. The molecule has 0 radical (unpaired) electrons. The number of sulfonamides is 1. The number of amides is 2. The van der Waals surface area contributed by atoms with Crippen LogP contribution in [0.1, 0.15) is 11.1 Å². The lowest BCUT2D eigenvalue weighted by atomic mass is 10.1. The maximum Gasteiger partial charge on any atom is 0.319 e. The van der Waals surface area contributed by atoms with Gasteiger partial charge in [0, 0.05) is 52.3 Å². The van der Waals surface area contributed by atoms with Crippen molar-refractivity contribution in [3.63, 3.8) is 0 Å². The number of nitrogens with zero attached hydrogens (tertiary/aromatic N) is 3. The molecule has 1 aliphatic heterocycles. The topological polar surface area (TPSA) is 123 Å². The lowest BCUT2D eigenvalue weighted by molar-refractivity contribution is 0.0932. The number of nitrogens with one attached hydrogen (secondary N) is 2. The van der Waals surface area contributed by atoms with Crippen LogP contribution in [0, 0.1) is 5.41 Å². The van der Waals surface area contributed by atoms with Crippen molar-refractivity contribution in [1.82, 2.24) is 19.4 Å². The van der Waals surface area contributed by atoms with E-state index in [0.717, 1.165) is 16.3 Å². The Bertz CT molecular complexity index is 1370. The number of amidine groups is 1. The molecule has 1 fully saturated rings. The molecule has 1 heterocycles. The maximum absolute atomic E-state index is 13.5. The number of urea groups is 1. The molecule has 0 spiro atoms. The summed E-state index contributed by atoms with van der Waals surface area (Å²) >= 11 is 0. The fourth-order valence-electron chi connectivity index (χ4n) is 4.42. The minimum atomic E-state index is -3.84. The van der Waals surface area contributed by atoms with E-state index in [2.05, 4.69) is 9.62 Å². The summed E-state index contributed by atoms with van der Waals surface area (Å²) < 4.78 is 29.9. The molecule has 0 aromatic heterocycles. The lowest BCUT2D eigenvalue weighted by Gasteiger charge is -2.40. The predicted octanol–water partition coefficient (Wildman–Crippen LogP) is 2.27. The predicted molar refractivity (Wildman–Crippen MR) is 141 cm³/mol. The average molecular weight is 509 g/mol. The number of fused-ring (bicyclic) bond motifs is 1. The van der Waals surface area contributed by atoms with Gasteiger partial charge in [0.05, 0.1) is 11.1 Å². The van der Waals surface area contributed by atoms with Gasteiger partial charge in [0.1, 0.15) is 5.84 Å². The minimum absolute atomic E-state index is 0.0408. The molecule has 1 atom stereocenters. The molecule has 4 rings (SSSR count). The molecule has 1 saturated heterocycles. The highest BCUT2D eigenvalue weighted by Gasteiger charge is 2.30. The van der Waals surface area contributed by atoms with Gasteiger partial charge in [0.15, 0.2) is 0 Å². The molecule has 0 saturated carbocycles. The molecular formula is C26H32N6O3S. The number of benzene rings is 3. The third-order valence-corrected chi connectivity index (χ3v) is 7.85. The van der Waals surface area contributed by atoms with Gasteiger partial charge in [0.2, 0.25) is 10.0 Å². The zero-order chi connectivity index (χ0) is 25.9. The van der Waals surface area contributed by atoms with Gasteiger partial charge in [-0.05, 0) is 34.5 Å². The fourth-order valence-corrected chi connectivity index (χ4v) is 5.68. The molecule has 9 nitrogen and oxygen atoms in total. The number of nitrogens with two attached hydrogens (primary N) is 1. The normalized spacial score (nSPS) is 15.6. The van der Waals surface area contributed by atoms with Crippen molar-refractivity contribution < 1.29 is 13.2 Å². The maximum atomic E-state index is 13.5. The highest BCUT2D eigenvalue weighted by Crippen LogP contribution is 2.21. The summed E-state index contributed by atoms with van der Waals surface area (Å²) in [5.74, 6) is -0.0408. The largest absolute Gasteiger partial charge is 0.384 e. The standard InChI is InChI=1S/C26H32N6O3S/c1-30(2)26(33)32-14-12-31(13-15-32)24(17-19-6-5-9-22(16-19)25(27)28)29-36(34,35)23-11-10-20-7-3-4-8-21(20)18-23/h3-11,16,18,24,29H,12-15,17H2,1-2H3,(H3,27,28)/t24-/m1/s1. The Balaban J connectivity index is 1.60. The summed E-state index contributed by atoms with van der Waals surface area (Å²) in [7, 11) is -0.399. The van der Waals surface area contributed by atoms with E-state index >= 15 is 0 Å². The van der Waals surface area contributed by atoms with Gasteiger partial charge in [-0.25, -0.2) is 13.2 Å². The Morgan fingerprint density at radius 2 is 1.69 bits per heavy atom. The molecule has 0 unspecified atom stereocenters. The van der Waals surface area contributed by atoms with Crippen molar-refractivity contribution in [2.45, 2.75) is 17.5 Å². The molecular weight excluding hydrogens is 476 g/mol. The summed E-state index contributed by atoms with van der Waals surface area (Å²) in [5, 5.41) is 9.56. The second-order valence-electron chi connectivity index (χ2n) is 9.16. The van der Waals surface area contributed by atoms with Gasteiger partial charge in [-0.2, -0.15) is 4.72 Å². The quantitative estimate of drug-likeness (QED) is 0.334. The molecule has 2 amide bonds. The SMILES string of the molecule is CN(C)C(=O)N1CCN([C@H](Cc2cccc(C(=N)N)c2)NS(=O)(=O)c2ccc3ccccc3c2)CC1. The molecule has 0 bridgehead atoms. The monoisotopic (exact) mass is 508 g/mol. The van der Waals surface area contributed by atoms with Crippen molar-refractivity contribution in [2.75, 3.05) is 40.3 Å². The van der Waals surface area contributed by atoms with Gasteiger partial charge in [-0.3, -0.25) is 10.3 Å². The van der Waals surface area contributed by atoms with Crippen molar-refractivity contribution in [3.05, 3.63) is 77.9 Å². The highest BCUT2D eigenvalue weighted by atomic mass is 32.2. The van der Waals surface area contributed by atoms with Crippen molar-refractivity contribution in [3.8, 4) is 0 Å². The highest BCUT2D eigenvalue weighted by molar-refractivity contribution is 7.89. The Labute approximate surface area is 212 Å². The van der Waals surface area contributed by atoms with E-state index in [1.165, 1.54) is 0 Å². The Morgan fingerprint density at radius 3 is 2.36 bits per heavy atom. The van der Waals surface area contributed by atoms with Crippen molar-refractivity contribution >= 4 is 32.7 Å². The molecule has 4 N–H and O–H groups in total. The number of carbonyl (C=O) groups is 1. The van der Waals surface area contributed by atoms with Gasteiger partial charge >= 0.3 is 6.03 Å². The van der Waals surface area contributed by atoms with Gasteiger partial charge in [0.25, 0.3) is 0 Å². The van der Waals surface area contributed by atoms with E-state index in [9.17, 15) is 13.2 Å². The Hall–Kier alpha value is -3.47. The Kier molecular flexibility index (Phi) is 7.58. The van der Waals surface area contributed by atoms with E-state index in [1.54, 1.807) is 48.2 Å². The van der Waals surface area contributed by atoms with Crippen LogP contribution in [0.3, 0.4) is 0 Å². The average Bonchev–Trinajstić information content (AvgIpc) is 2.87. The van der Waals surface area contributed by atoms with Crippen LogP contribution in [0.25, 0.3) is 10.8 Å². The molecule has 36 heavy (non-hydrogen) atoms. The lowest BCUT2D eigenvalue weighted by Crippen LogP contribution is -2.58. The molecule has 1 aliphatic rings. The van der Waals surface area contributed by atoms with E-state index < -0.39 is 16.2 Å². The van der Waals surface area contributed by atoms with Crippen LogP contribution in [0.4, 0.5) is 4.79 Å². The van der Waals surface area contributed by atoms with Crippen LogP contribution in [-0.2, 0) is 16.4 Å². The van der Waals surface area contributed by atoms with Crippen LogP contribution in [-0.4, -0.2) is 81.4 Å². The first-order chi connectivity index (χ1) is 17.1. The second kappa shape index (κ2) is 10.7. The van der Waals surface area contributed by atoms with Gasteiger partial charge < -0.3 is 15.5 Å². The first kappa shape index (κ1) is 25.6. The molecule has 10 heteroatoms. The van der Waals surface area contributed by atoms with Crippen molar-refractivity contribution in [2.24, 2.45) is 5.73 Å². The summed E-state index contributed by atoms with van der Waals surface area (Å²) in [5.41, 5.74) is 7.12. The molecule has 0 aliphatic carbocycles. The van der Waals surface area contributed by atoms with Crippen LogP contribution < -0.4 is 10.5 Å². The van der Waals surface area contributed by atoms with E-state index in [4.69, 9.17) is 11.1 Å². The number of nitrogen functional groups attached to an aromatic ring is 1. The number of rotatable bonds is 7. The number of carbonyl (C=O) groups excluding carboxylic acids is 1. The smallest absolute Gasteiger partial charge is 0.319 e. The molecule has 3 aromatic rings. The number of hydrogen-bond acceptors (Lipinski definition) is 5. The number of piperazine rings is 1. The van der Waals surface area contributed by atoms with E-state index in [0.29, 0.717) is 38.2 Å². The third-order valence-electron chi connectivity index (χ3n) is 6.40. The zero-order valence-electron chi connectivity index (χ0n) is 20.5. The summed E-state index contributed by atoms with van der Waals surface area (Å²) in [6.45, 7) is 2.05. The van der Waals surface area contributed by atoms with Crippen LogP contribution in [0.2, 0.25) is 0 Å². The number of hydrogen-bond donors (Lipinski definition) is 3. The summed E-state index contributed by atoms with van der Waals surface area (Å²) in [4.78, 5) is 17.9. The van der Waals surface area contributed by atoms with Gasteiger partial charge in [-0.15, -0.1) is 0 Å². The Morgan fingerprint density at radius 1 is 1.00 bits per heavy atom. The van der Waals surface area contributed by atoms with Crippen molar-refractivity contribution in [1.29, 1.82) is 5.41 Å². The summed E-state index contributed by atoms with van der Waals surface area (Å²) in [6.07, 6.45) is -0.157.